The minimum Gasteiger partial charge on any atom is -0.396 e. The van der Waals surface area contributed by atoms with E-state index < -0.39 is 0 Å². The van der Waals surface area contributed by atoms with Crippen LogP contribution in [0.25, 0.3) is 0 Å². The summed E-state index contributed by atoms with van der Waals surface area (Å²) in [6.45, 7) is 5.07. The van der Waals surface area contributed by atoms with Crippen molar-refractivity contribution in [1.29, 1.82) is 0 Å². The number of hydrogen-bond donors (Lipinski definition) is 1. The molecule has 12 heavy (non-hydrogen) atoms. The maximum atomic E-state index is 8.81. The van der Waals surface area contributed by atoms with Crippen molar-refractivity contribution in [2.45, 2.75) is 33.1 Å². The highest BCUT2D eigenvalue weighted by molar-refractivity contribution is 5.20. The van der Waals surface area contributed by atoms with Crippen molar-refractivity contribution < 1.29 is 5.11 Å². The minimum atomic E-state index is 0.325. The van der Waals surface area contributed by atoms with Crippen molar-refractivity contribution in [3.63, 3.8) is 0 Å². The van der Waals surface area contributed by atoms with Crippen LogP contribution in [0.5, 0.6) is 0 Å². The van der Waals surface area contributed by atoms with Gasteiger partial charge in [-0.2, -0.15) is 0 Å². The summed E-state index contributed by atoms with van der Waals surface area (Å²) >= 11 is 0. The van der Waals surface area contributed by atoms with Gasteiger partial charge < -0.3 is 5.11 Å². The van der Waals surface area contributed by atoms with Crippen LogP contribution in [-0.2, 0) is 0 Å². The lowest BCUT2D eigenvalue weighted by Crippen LogP contribution is -2.46. The van der Waals surface area contributed by atoms with Gasteiger partial charge in [-0.15, -0.1) is 0 Å². The minimum absolute atomic E-state index is 0.325. The van der Waals surface area contributed by atoms with E-state index in [9.17, 15) is 0 Å². The third kappa shape index (κ3) is 1.03. The topological polar surface area (TPSA) is 20.2 Å². The van der Waals surface area contributed by atoms with Crippen LogP contribution >= 0.6 is 0 Å². The molecule has 0 saturated heterocycles. The molecule has 3 aliphatic carbocycles. The summed E-state index contributed by atoms with van der Waals surface area (Å²) in [6.07, 6.45) is 5.95. The standard InChI is InChI=1S/C11H18O/c1-11(2)9-5-8(3-4-12)6-10(11)7-9/h5,9-10,12H,3-4,6-7H2,1-2H3. The Morgan fingerprint density at radius 2 is 2.33 bits per heavy atom. The Morgan fingerprint density at radius 1 is 1.58 bits per heavy atom. The van der Waals surface area contributed by atoms with Crippen LogP contribution < -0.4 is 0 Å². The molecule has 1 N–H and O–H groups in total. The number of allylic oxidation sites excluding steroid dienone is 1. The highest BCUT2D eigenvalue weighted by Crippen LogP contribution is 2.58. The maximum absolute atomic E-state index is 8.81. The SMILES string of the molecule is CC1(C)C2C=C(CCO)CC1C2. The van der Waals surface area contributed by atoms with Gasteiger partial charge in [-0.1, -0.05) is 25.5 Å². The molecule has 2 atom stereocenters. The Balaban J connectivity index is 2.08. The lowest BCUT2D eigenvalue weighted by molar-refractivity contribution is -0.00227. The van der Waals surface area contributed by atoms with Crippen LogP contribution in [0.2, 0.25) is 0 Å². The molecular formula is C11H18O. The molecule has 0 radical (unpaired) electrons. The van der Waals surface area contributed by atoms with Crippen molar-refractivity contribution in [2.24, 2.45) is 17.3 Å². The molecule has 0 aromatic heterocycles. The highest BCUT2D eigenvalue weighted by atomic mass is 16.2. The summed E-state index contributed by atoms with van der Waals surface area (Å²) in [7, 11) is 0. The summed E-state index contributed by atoms with van der Waals surface area (Å²) in [5.41, 5.74) is 2.05. The lowest BCUT2D eigenvalue weighted by Gasteiger charge is -2.55. The van der Waals surface area contributed by atoms with Gasteiger partial charge in [-0.05, 0) is 36.5 Å². The first-order valence-corrected chi connectivity index (χ1v) is 4.95. The fraction of sp³-hybridized carbons (Fsp3) is 0.818. The second kappa shape index (κ2) is 2.59. The molecule has 1 nitrogen and oxygen atoms in total. The Labute approximate surface area is 74.5 Å². The van der Waals surface area contributed by atoms with Crippen molar-refractivity contribution in [2.75, 3.05) is 6.61 Å². The first-order valence-electron chi connectivity index (χ1n) is 4.95. The van der Waals surface area contributed by atoms with Gasteiger partial charge in [0.25, 0.3) is 0 Å². The highest BCUT2D eigenvalue weighted by Gasteiger charge is 2.49. The Hall–Kier alpha value is -0.300. The summed E-state index contributed by atoms with van der Waals surface area (Å²) in [5, 5.41) is 8.81. The molecule has 2 bridgehead atoms. The molecule has 1 saturated carbocycles. The van der Waals surface area contributed by atoms with Crippen LogP contribution in [0.4, 0.5) is 0 Å². The summed E-state index contributed by atoms with van der Waals surface area (Å²) in [4.78, 5) is 0. The van der Waals surface area contributed by atoms with Crippen LogP contribution in [-0.4, -0.2) is 11.7 Å². The van der Waals surface area contributed by atoms with E-state index in [2.05, 4.69) is 19.9 Å². The van der Waals surface area contributed by atoms with Gasteiger partial charge in [0.1, 0.15) is 0 Å². The van der Waals surface area contributed by atoms with E-state index in [-0.39, 0.29) is 0 Å². The Bertz CT molecular complexity index is 215. The quantitative estimate of drug-likeness (QED) is 0.624. The summed E-state index contributed by atoms with van der Waals surface area (Å²) < 4.78 is 0. The summed E-state index contributed by atoms with van der Waals surface area (Å²) in [6, 6.07) is 0. The van der Waals surface area contributed by atoms with Crippen molar-refractivity contribution >= 4 is 0 Å². The van der Waals surface area contributed by atoms with Crippen LogP contribution in [0.1, 0.15) is 33.1 Å². The molecule has 0 aromatic carbocycles. The number of aliphatic hydroxyl groups excluding tert-OH is 1. The molecule has 1 fully saturated rings. The molecule has 0 aliphatic heterocycles. The monoisotopic (exact) mass is 166 g/mol. The molecule has 0 spiro atoms. The zero-order valence-electron chi connectivity index (χ0n) is 8.01. The number of rotatable bonds is 2. The van der Waals surface area contributed by atoms with E-state index in [1.54, 1.807) is 0 Å². The van der Waals surface area contributed by atoms with Gasteiger partial charge in [-0.25, -0.2) is 0 Å². The molecule has 2 unspecified atom stereocenters. The van der Waals surface area contributed by atoms with Crippen LogP contribution in [0, 0.1) is 17.3 Å². The van der Waals surface area contributed by atoms with Gasteiger partial charge in [0.2, 0.25) is 0 Å². The molecule has 0 amide bonds. The van der Waals surface area contributed by atoms with Gasteiger partial charge in [0, 0.05) is 6.61 Å². The second-order valence-corrected chi connectivity index (χ2v) is 4.86. The zero-order chi connectivity index (χ0) is 8.77. The Kier molecular flexibility index (Phi) is 1.80. The lowest BCUT2D eigenvalue weighted by atomic mass is 9.50. The van der Waals surface area contributed by atoms with E-state index in [0.29, 0.717) is 12.0 Å². The molecule has 0 aromatic rings. The molecule has 0 heterocycles. The fourth-order valence-electron chi connectivity index (χ4n) is 2.68. The Morgan fingerprint density at radius 3 is 2.75 bits per heavy atom. The second-order valence-electron chi connectivity index (χ2n) is 4.86. The van der Waals surface area contributed by atoms with Crippen LogP contribution in [0.3, 0.4) is 0 Å². The van der Waals surface area contributed by atoms with Crippen molar-refractivity contribution in [3.8, 4) is 0 Å². The third-order valence-electron chi connectivity index (χ3n) is 3.92. The molecule has 3 rings (SSSR count). The smallest absolute Gasteiger partial charge is 0.0468 e. The first-order chi connectivity index (χ1) is 5.64. The summed E-state index contributed by atoms with van der Waals surface area (Å²) in [5.74, 6) is 1.70. The van der Waals surface area contributed by atoms with Gasteiger partial charge in [0.05, 0.1) is 0 Å². The van der Waals surface area contributed by atoms with E-state index in [0.717, 1.165) is 18.3 Å². The maximum Gasteiger partial charge on any atom is 0.0468 e. The van der Waals surface area contributed by atoms with Crippen molar-refractivity contribution in [1.82, 2.24) is 0 Å². The van der Waals surface area contributed by atoms with Gasteiger partial charge in [-0.3, -0.25) is 0 Å². The molecule has 3 aliphatic rings. The van der Waals surface area contributed by atoms with E-state index in [1.165, 1.54) is 18.4 Å². The van der Waals surface area contributed by atoms with Crippen LogP contribution in [0.15, 0.2) is 11.6 Å². The average Bonchev–Trinajstić information content (AvgIpc) is 2.05. The third-order valence-corrected chi connectivity index (χ3v) is 3.92. The van der Waals surface area contributed by atoms with E-state index >= 15 is 0 Å². The molecular weight excluding hydrogens is 148 g/mol. The number of aliphatic hydroxyl groups is 1. The number of fused-ring (bicyclic) bond motifs is 1. The predicted molar refractivity (Wildman–Crippen MR) is 49.8 cm³/mol. The molecule has 1 heteroatoms. The first kappa shape index (κ1) is 8.31. The fourth-order valence-corrected chi connectivity index (χ4v) is 2.68. The van der Waals surface area contributed by atoms with Gasteiger partial charge in [0.15, 0.2) is 0 Å². The number of hydrogen-bond acceptors (Lipinski definition) is 1. The van der Waals surface area contributed by atoms with Gasteiger partial charge >= 0.3 is 0 Å². The normalized spacial score (nSPS) is 37.1. The predicted octanol–water partition coefficient (Wildman–Crippen LogP) is 2.36. The average molecular weight is 166 g/mol. The van der Waals surface area contributed by atoms with E-state index in [4.69, 9.17) is 5.11 Å². The van der Waals surface area contributed by atoms with E-state index in [1.807, 2.05) is 0 Å². The molecule has 68 valence electrons. The largest absolute Gasteiger partial charge is 0.396 e. The van der Waals surface area contributed by atoms with Crippen molar-refractivity contribution in [3.05, 3.63) is 11.6 Å². The zero-order valence-corrected chi connectivity index (χ0v) is 8.01.